The Morgan fingerprint density at radius 3 is 2.81 bits per heavy atom. The molecule has 0 atom stereocenters. The number of imidazole rings is 1. The quantitative estimate of drug-likeness (QED) is 0.853. The topological polar surface area (TPSA) is 44.8 Å². The molecule has 0 amide bonds. The van der Waals surface area contributed by atoms with Crippen molar-refractivity contribution in [3.05, 3.63) is 18.0 Å². The second kappa shape index (κ2) is 3.47. The molecule has 0 spiro atoms. The molecule has 0 unspecified atom stereocenters. The van der Waals surface area contributed by atoms with Crippen LogP contribution in [0, 0.1) is 5.92 Å². The van der Waals surface area contributed by atoms with Gasteiger partial charge in [-0.1, -0.05) is 0 Å². The second-order valence-electron chi connectivity index (χ2n) is 4.77. The van der Waals surface area contributed by atoms with Gasteiger partial charge in [0.05, 0.1) is 5.52 Å². The van der Waals surface area contributed by atoms with E-state index in [1.54, 1.807) is 0 Å². The van der Waals surface area contributed by atoms with E-state index in [1.165, 1.54) is 12.8 Å². The molecule has 1 aliphatic carbocycles. The molecule has 1 N–H and O–H groups in total. The summed E-state index contributed by atoms with van der Waals surface area (Å²) in [4.78, 5) is 14.4. The lowest BCUT2D eigenvalue weighted by Crippen LogP contribution is -2.10. The molecule has 4 nitrogen and oxygen atoms in total. The number of aromatic amines is 1. The minimum absolute atomic E-state index is 0.835. The van der Waals surface area contributed by atoms with Gasteiger partial charge in [0, 0.05) is 20.5 Å². The van der Waals surface area contributed by atoms with Gasteiger partial charge in [0.15, 0.2) is 5.65 Å². The van der Waals surface area contributed by atoms with Crippen LogP contribution in [0.2, 0.25) is 0 Å². The van der Waals surface area contributed by atoms with Crippen molar-refractivity contribution >= 4 is 17.0 Å². The number of hydrogen-bond acceptors (Lipinski definition) is 3. The summed E-state index contributed by atoms with van der Waals surface area (Å²) in [5.74, 6) is 2.90. The van der Waals surface area contributed by atoms with E-state index < -0.39 is 0 Å². The van der Waals surface area contributed by atoms with Crippen molar-refractivity contribution in [1.82, 2.24) is 15.0 Å². The van der Waals surface area contributed by atoms with Crippen LogP contribution in [0.15, 0.2) is 12.1 Å². The van der Waals surface area contributed by atoms with Crippen LogP contribution >= 0.6 is 0 Å². The molecule has 2 aromatic rings. The summed E-state index contributed by atoms with van der Waals surface area (Å²) in [7, 11) is 3.98. The van der Waals surface area contributed by atoms with Crippen molar-refractivity contribution in [3.8, 4) is 0 Å². The first-order chi connectivity index (χ1) is 7.72. The summed E-state index contributed by atoms with van der Waals surface area (Å²) in [6.45, 7) is 0. The van der Waals surface area contributed by atoms with Gasteiger partial charge in [0.25, 0.3) is 0 Å². The molecule has 0 saturated heterocycles. The molecule has 1 aliphatic rings. The van der Waals surface area contributed by atoms with Gasteiger partial charge in [-0.05, 0) is 30.9 Å². The number of aromatic nitrogens is 3. The average Bonchev–Trinajstić information content (AvgIpc) is 2.96. The SMILES string of the molecule is CN(C)c1ccc2[nH]c(CC3CC3)nc2n1. The highest BCUT2D eigenvalue weighted by Crippen LogP contribution is 2.32. The maximum Gasteiger partial charge on any atom is 0.179 e. The van der Waals surface area contributed by atoms with Crippen LogP contribution in [0.3, 0.4) is 0 Å². The highest BCUT2D eigenvalue weighted by Gasteiger charge is 2.23. The Bertz CT molecular complexity index is 511. The molecule has 1 saturated carbocycles. The van der Waals surface area contributed by atoms with Crippen LogP contribution < -0.4 is 4.90 Å². The molecule has 0 aliphatic heterocycles. The van der Waals surface area contributed by atoms with E-state index in [2.05, 4.69) is 21.0 Å². The van der Waals surface area contributed by atoms with Crippen molar-refractivity contribution < 1.29 is 0 Å². The van der Waals surface area contributed by atoms with E-state index in [0.29, 0.717) is 0 Å². The molecule has 0 aromatic carbocycles. The number of rotatable bonds is 3. The number of nitrogens with one attached hydrogen (secondary N) is 1. The van der Waals surface area contributed by atoms with E-state index in [-0.39, 0.29) is 0 Å². The molecular weight excluding hydrogens is 200 g/mol. The minimum atomic E-state index is 0.835. The molecule has 2 heterocycles. The fourth-order valence-corrected chi connectivity index (χ4v) is 1.87. The summed E-state index contributed by atoms with van der Waals surface area (Å²) in [6, 6.07) is 4.07. The van der Waals surface area contributed by atoms with Gasteiger partial charge >= 0.3 is 0 Å². The van der Waals surface area contributed by atoms with Crippen molar-refractivity contribution in [2.45, 2.75) is 19.3 Å². The van der Waals surface area contributed by atoms with E-state index >= 15 is 0 Å². The van der Waals surface area contributed by atoms with Crippen LogP contribution in [-0.4, -0.2) is 29.0 Å². The summed E-state index contributed by atoms with van der Waals surface area (Å²) >= 11 is 0. The van der Waals surface area contributed by atoms with Gasteiger partial charge in [-0.25, -0.2) is 9.97 Å². The van der Waals surface area contributed by atoms with Crippen LogP contribution in [0.5, 0.6) is 0 Å². The van der Waals surface area contributed by atoms with Crippen LogP contribution in [0.4, 0.5) is 5.82 Å². The molecule has 16 heavy (non-hydrogen) atoms. The molecule has 2 aromatic heterocycles. The van der Waals surface area contributed by atoms with E-state index in [9.17, 15) is 0 Å². The largest absolute Gasteiger partial charge is 0.363 e. The molecule has 3 rings (SSSR count). The predicted molar refractivity (Wildman–Crippen MR) is 64.6 cm³/mol. The van der Waals surface area contributed by atoms with E-state index in [0.717, 1.165) is 35.1 Å². The summed E-state index contributed by atoms with van der Waals surface area (Å²) in [6.07, 6.45) is 3.79. The van der Waals surface area contributed by atoms with E-state index in [1.807, 2.05) is 25.1 Å². The fraction of sp³-hybridized carbons (Fsp3) is 0.500. The molecule has 84 valence electrons. The van der Waals surface area contributed by atoms with Crippen molar-refractivity contribution in [2.24, 2.45) is 5.92 Å². The van der Waals surface area contributed by atoms with Gasteiger partial charge in [0.2, 0.25) is 0 Å². The molecular formula is C12H16N4. The van der Waals surface area contributed by atoms with Gasteiger partial charge < -0.3 is 9.88 Å². The number of H-pyrrole nitrogens is 1. The molecule has 4 heteroatoms. The van der Waals surface area contributed by atoms with Crippen LogP contribution in [0.1, 0.15) is 18.7 Å². The first-order valence-corrected chi connectivity index (χ1v) is 5.75. The van der Waals surface area contributed by atoms with Crippen molar-refractivity contribution in [1.29, 1.82) is 0 Å². The second-order valence-corrected chi connectivity index (χ2v) is 4.77. The Kier molecular flexibility index (Phi) is 2.09. The third-order valence-electron chi connectivity index (χ3n) is 3.02. The minimum Gasteiger partial charge on any atom is -0.363 e. The van der Waals surface area contributed by atoms with Crippen molar-refractivity contribution in [3.63, 3.8) is 0 Å². The Hall–Kier alpha value is -1.58. The van der Waals surface area contributed by atoms with E-state index in [4.69, 9.17) is 0 Å². The smallest absolute Gasteiger partial charge is 0.179 e. The lowest BCUT2D eigenvalue weighted by Gasteiger charge is -2.09. The zero-order chi connectivity index (χ0) is 11.1. The maximum atomic E-state index is 4.54. The van der Waals surface area contributed by atoms with Crippen LogP contribution in [-0.2, 0) is 6.42 Å². The normalized spacial score (nSPS) is 15.6. The Morgan fingerprint density at radius 2 is 2.12 bits per heavy atom. The predicted octanol–water partition coefficient (Wildman–Crippen LogP) is 1.98. The zero-order valence-corrected chi connectivity index (χ0v) is 9.70. The summed E-state index contributed by atoms with van der Waals surface area (Å²) < 4.78 is 0. The lowest BCUT2D eigenvalue weighted by atomic mass is 10.3. The molecule has 0 radical (unpaired) electrons. The lowest BCUT2D eigenvalue weighted by molar-refractivity contribution is 0.787. The molecule has 1 fully saturated rings. The highest BCUT2D eigenvalue weighted by atomic mass is 15.1. The average molecular weight is 216 g/mol. The van der Waals surface area contributed by atoms with Crippen molar-refractivity contribution in [2.75, 3.05) is 19.0 Å². The zero-order valence-electron chi connectivity index (χ0n) is 9.70. The Labute approximate surface area is 94.7 Å². The monoisotopic (exact) mass is 216 g/mol. The Balaban J connectivity index is 1.96. The van der Waals surface area contributed by atoms with Gasteiger partial charge in [-0.15, -0.1) is 0 Å². The maximum absolute atomic E-state index is 4.54. The fourth-order valence-electron chi connectivity index (χ4n) is 1.87. The standard InChI is InChI=1S/C12H16N4/c1-16(2)11-6-5-9-12(15-11)14-10(13-9)7-8-3-4-8/h5-6,8H,3-4,7H2,1-2H3,(H,13,14,15). The number of anilines is 1. The number of fused-ring (bicyclic) bond motifs is 1. The molecule has 0 bridgehead atoms. The number of pyridine rings is 1. The van der Waals surface area contributed by atoms with Crippen LogP contribution in [0.25, 0.3) is 11.2 Å². The number of nitrogens with zero attached hydrogens (tertiary/aromatic N) is 3. The third-order valence-corrected chi connectivity index (χ3v) is 3.02. The van der Waals surface area contributed by atoms with Gasteiger partial charge in [-0.2, -0.15) is 0 Å². The summed E-state index contributed by atoms with van der Waals surface area (Å²) in [5, 5.41) is 0. The first kappa shape index (κ1) is 9.63. The summed E-state index contributed by atoms with van der Waals surface area (Å²) in [5.41, 5.74) is 1.88. The highest BCUT2D eigenvalue weighted by molar-refractivity contribution is 5.73. The number of hydrogen-bond donors (Lipinski definition) is 1. The Morgan fingerprint density at radius 1 is 1.31 bits per heavy atom. The third kappa shape index (κ3) is 1.75. The van der Waals surface area contributed by atoms with Gasteiger partial charge in [-0.3, -0.25) is 0 Å². The van der Waals surface area contributed by atoms with Gasteiger partial charge in [0.1, 0.15) is 11.6 Å². The first-order valence-electron chi connectivity index (χ1n) is 5.75.